The van der Waals surface area contributed by atoms with E-state index in [2.05, 4.69) is 5.10 Å². The van der Waals surface area contributed by atoms with E-state index in [1.807, 2.05) is 0 Å². The zero-order valence-corrected chi connectivity index (χ0v) is 9.96. The van der Waals surface area contributed by atoms with Crippen molar-refractivity contribution in [3.05, 3.63) is 56.4 Å². The molecule has 16 heavy (non-hydrogen) atoms. The van der Waals surface area contributed by atoms with Gasteiger partial charge in [0.2, 0.25) is 0 Å². The zero-order chi connectivity index (χ0) is 11.7. The van der Waals surface area contributed by atoms with Gasteiger partial charge in [0.25, 0.3) is 5.56 Å². The van der Waals surface area contributed by atoms with Crippen LogP contribution < -0.4 is 5.56 Å². The number of hydrogen-bond acceptors (Lipinski definition) is 2. The van der Waals surface area contributed by atoms with Crippen LogP contribution in [0.4, 0.5) is 0 Å². The van der Waals surface area contributed by atoms with Crippen LogP contribution in [0.15, 0.2) is 35.3 Å². The van der Waals surface area contributed by atoms with Gasteiger partial charge in [0.1, 0.15) is 0 Å². The molecule has 82 valence electrons. The number of hydrogen-bond donors (Lipinski definition) is 0. The molecule has 0 aliphatic carbocycles. The van der Waals surface area contributed by atoms with E-state index < -0.39 is 0 Å². The number of benzene rings is 1. The van der Waals surface area contributed by atoms with Crippen molar-refractivity contribution in [3.63, 3.8) is 0 Å². The van der Waals surface area contributed by atoms with Crippen molar-refractivity contribution >= 4 is 23.2 Å². The minimum Gasteiger partial charge on any atom is -0.267 e. The number of aromatic nitrogens is 2. The minimum atomic E-state index is -0.232. The molecule has 0 saturated heterocycles. The molecule has 1 heterocycles. The summed E-state index contributed by atoms with van der Waals surface area (Å²) >= 11 is 11.8. The van der Waals surface area contributed by atoms with Crippen LogP contribution in [-0.2, 0) is 0 Å². The fraction of sp³-hybridized carbons (Fsp3) is 0.0909. The largest absolute Gasteiger partial charge is 0.271 e. The summed E-state index contributed by atoms with van der Waals surface area (Å²) in [4.78, 5) is 11.7. The first-order chi connectivity index (χ1) is 7.58. The first-order valence-corrected chi connectivity index (χ1v) is 5.35. The molecule has 0 N–H and O–H groups in total. The molecule has 0 fully saturated rings. The molecule has 5 heteroatoms. The summed E-state index contributed by atoms with van der Waals surface area (Å²) in [5.74, 6) is 0. The average Bonchev–Trinajstić information content (AvgIpc) is 2.22. The molecule has 0 aliphatic heterocycles. The molecule has 0 atom stereocenters. The van der Waals surface area contributed by atoms with Crippen molar-refractivity contribution in [2.45, 2.75) is 6.92 Å². The van der Waals surface area contributed by atoms with Gasteiger partial charge in [0.05, 0.1) is 16.9 Å². The van der Waals surface area contributed by atoms with Crippen LogP contribution in [0.2, 0.25) is 10.0 Å². The summed E-state index contributed by atoms with van der Waals surface area (Å²) in [6, 6.07) is 6.39. The first-order valence-electron chi connectivity index (χ1n) is 4.59. The topological polar surface area (TPSA) is 34.9 Å². The van der Waals surface area contributed by atoms with Gasteiger partial charge in [0, 0.05) is 11.1 Å². The Morgan fingerprint density at radius 2 is 2.00 bits per heavy atom. The summed E-state index contributed by atoms with van der Waals surface area (Å²) in [7, 11) is 0. The lowest BCUT2D eigenvalue weighted by atomic mass is 10.3. The van der Waals surface area contributed by atoms with E-state index in [0.29, 0.717) is 15.7 Å². The number of aryl methyl sites for hydroxylation is 1. The molecular formula is C11H8Cl2N2O. The Balaban J connectivity index is 2.67. The third-order valence-corrected chi connectivity index (χ3v) is 2.63. The zero-order valence-electron chi connectivity index (χ0n) is 8.45. The van der Waals surface area contributed by atoms with E-state index in [4.69, 9.17) is 23.2 Å². The van der Waals surface area contributed by atoms with Gasteiger partial charge in [-0.05, 0) is 30.7 Å². The Kier molecular flexibility index (Phi) is 2.99. The smallest absolute Gasteiger partial charge is 0.267 e. The van der Waals surface area contributed by atoms with Crippen LogP contribution in [0.25, 0.3) is 5.69 Å². The van der Waals surface area contributed by atoms with Gasteiger partial charge in [-0.2, -0.15) is 9.78 Å². The van der Waals surface area contributed by atoms with E-state index >= 15 is 0 Å². The van der Waals surface area contributed by atoms with Crippen molar-refractivity contribution in [1.82, 2.24) is 9.78 Å². The Hall–Kier alpha value is -1.32. The van der Waals surface area contributed by atoms with Crippen molar-refractivity contribution in [2.24, 2.45) is 0 Å². The normalized spacial score (nSPS) is 10.4. The molecule has 0 spiro atoms. The third-order valence-electron chi connectivity index (χ3n) is 2.07. The summed E-state index contributed by atoms with van der Waals surface area (Å²) in [6.07, 6.45) is 1.60. The van der Waals surface area contributed by atoms with E-state index in [0.717, 1.165) is 5.56 Å². The monoisotopic (exact) mass is 254 g/mol. The van der Waals surface area contributed by atoms with Crippen LogP contribution in [0.1, 0.15) is 5.56 Å². The van der Waals surface area contributed by atoms with Crippen LogP contribution in [0.3, 0.4) is 0 Å². The molecule has 0 amide bonds. The lowest BCUT2D eigenvalue weighted by molar-refractivity contribution is 0.800. The second kappa shape index (κ2) is 4.28. The van der Waals surface area contributed by atoms with Gasteiger partial charge in [-0.1, -0.05) is 23.2 Å². The van der Waals surface area contributed by atoms with Gasteiger partial charge in [-0.3, -0.25) is 4.79 Å². The lowest BCUT2D eigenvalue weighted by Gasteiger charge is -2.06. The van der Waals surface area contributed by atoms with E-state index in [-0.39, 0.29) is 5.56 Å². The maximum atomic E-state index is 11.7. The van der Waals surface area contributed by atoms with Crippen LogP contribution >= 0.6 is 23.2 Å². The van der Waals surface area contributed by atoms with Gasteiger partial charge < -0.3 is 0 Å². The molecular weight excluding hydrogens is 247 g/mol. The average molecular weight is 255 g/mol. The third kappa shape index (κ3) is 2.10. The van der Waals surface area contributed by atoms with Gasteiger partial charge in [0.15, 0.2) is 0 Å². The van der Waals surface area contributed by atoms with E-state index in [1.54, 1.807) is 31.3 Å². The molecule has 2 aromatic rings. The lowest BCUT2D eigenvalue weighted by Crippen LogP contribution is -2.20. The van der Waals surface area contributed by atoms with Crippen molar-refractivity contribution < 1.29 is 0 Å². The molecule has 1 aromatic carbocycles. The van der Waals surface area contributed by atoms with E-state index in [1.165, 1.54) is 10.7 Å². The molecule has 0 aliphatic rings. The number of nitrogens with zero attached hydrogens (tertiary/aromatic N) is 2. The molecule has 0 saturated carbocycles. The van der Waals surface area contributed by atoms with Gasteiger partial charge in [-0.15, -0.1) is 0 Å². The fourth-order valence-electron chi connectivity index (χ4n) is 1.33. The Morgan fingerprint density at radius 1 is 1.25 bits per heavy atom. The summed E-state index contributed by atoms with van der Waals surface area (Å²) < 4.78 is 1.22. The Morgan fingerprint density at radius 3 is 2.69 bits per heavy atom. The highest BCUT2D eigenvalue weighted by Crippen LogP contribution is 2.22. The number of halogens is 2. The van der Waals surface area contributed by atoms with Crippen LogP contribution in [0.5, 0.6) is 0 Å². The molecule has 3 nitrogen and oxygen atoms in total. The molecule has 2 rings (SSSR count). The minimum absolute atomic E-state index is 0.232. The highest BCUT2D eigenvalue weighted by molar-refractivity contribution is 6.34. The van der Waals surface area contributed by atoms with E-state index in [9.17, 15) is 4.79 Å². The van der Waals surface area contributed by atoms with Crippen molar-refractivity contribution in [1.29, 1.82) is 0 Å². The quantitative estimate of drug-likeness (QED) is 0.785. The molecule has 0 unspecified atom stereocenters. The fourth-order valence-corrected chi connectivity index (χ4v) is 1.69. The highest BCUT2D eigenvalue weighted by atomic mass is 35.5. The van der Waals surface area contributed by atoms with Crippen molar-refractivity contribution in [2.75, 3.05) is 0 Å². The molecule has 0 bridgehead atoms. The number of rotatable bonds is 1. The predicted octanol–water partition coefficient (Wildman–Crippen LogP) is 2.85. The maximum absolute atomic E-state index is 11.7. The first kappa shape index (κ1) is 11.2. The second-order valence-electron chi connectivity index (χ2n) is 3.38. The highest BCUT2D eigenvalue weighted by Gasteiger charge is 2.06. The SMILES string of the molecule is Cc1cnn(-c2cc(Cl)ccc2Cl)c(=O)c1. The standard InChI is InChI=1S/C11H8Cl2N2O/c1-7-4-11(16)15(14-6-7)10-5-8(12)2-3-9(10)13/h2-6H,1H3. The Bertz CT molecular complexity index is 593. The van der Waals surface area contributed by atoms with Crippen LogP contribution in [0, 0.1) is 6.92 Å². The van der Waals surface area contributed by atoms with Gasteiger partial charge in [-0.25, -0.2) is 0 Å². The molecule has 0 radical (unpaired) electrons. The maximum Gasteiger partial charge on any atom is 0.271 e. The summed E-state index contributed by atoms with van der Waals surface area (Å²) in [5.41, 5.74) is 1.06. The molecule has 1 aromatic heterocycles. The predicted molar refractivity (Wildman–Crippen MR) is 64.6 cm³/mol. The second-order valence-corrected chi connectivity index (χ2v) is 4.22. The summed E-state index contributed by atoms with van der Waals surface area (Å²) in [6.45, 7) is 1.80. The van der Waals surface area contributed by atoms with Crippen molar-refractivity contribution in [3.8, 4) is 5.69 Å². The van der Waals surface area contributed by atoms with Gasteiger partial charge >= 0.3 is 0 Å². The summed E-state index contributed by atoms with van der Waals surface area (Å²) in [5, 5.41) is 4.95. The van der Waals surface area contributed by atoms with Crippen LogP contribution in [-0.4, -0.2) is 9.78 Å². The Labute approximate surface area is 102 Å².